The van der Waals surface area contributed by atoms with Crippen LogP contribution in [0.15, 0.2) is 29.3 Å². The van der Waals surface area contributed by atoms with Crippen LogP contribution in [0.25, 0.3) is 0 Å². The highest BCUT2D eigenvalue weighted by Crippen LogP contribution is 2.20. The molecule has 1 aliphatic heterocycles. The first kappa shape index (κ1) is 16.5. The van der Waals surface area contributed by atoms with Crippen LogP contribution < -0.4 is 15.2 Å². The van der Waals surface area contributed by atoms with E-state index in [4.69, 9.17) is 15.2 Å². The standard InChI is InChI=1S/C17H27N3O2/c1-14(22-16-9-7-8-15(12-16)21-2)13-19-17(18)20-10-5-3-4-6-11-20/h7-9,12,14H,3-6,10-11,13H2,1-2H3,(H2,18,19). The Labute approximate surface area is 133 Å². The SMILES string of the molecule is COc1cccc(OC(C)CN=C(N)N2CCCCCC2)c1. The van der Waals surface area contributed by atoms with Crippen molar-refractivity contribution in [3.8, 4) is 11.5 Å². The van der Waals surface area contributed by atoms with Crippen LogP contribution in [0.5, 0.6) is 11.5 Å². The maximum absolute atomic E-state index is 6.11. The van der Waals surface area contributed by atoms with Crippen LogP contribution in [0.1, 0.15) is 32.6 Å². The van der Waals surface area contributed by atoms with E-state index in [1.54, 1.807) is 7.11 Å². The number of nitrogens with zero attached hydrogens (tertiary/aromatic N) is 2. The monoisotopic (exact) mass is 305 g/mol. The van der Waals surface area contributed by atoms with Gasteiger partial charge in [0, 0.05) is 19.2 Å². The average Bonchev–Trinajstić information content (AvgIpc) is 2.82. The zero-order valence-corrected chi connectivity index (χ0v) is 13.6. The zero-order chi connectivity index (χ0) is 15.8. The summed E-state index contributed by atoms with van der Waals surface area (Å²) in [7, 11) is 1.65. The molecule has 1 aromatic rings. The molecule has 1 atom stereocenters. The summed E-state index contributed by atoms with van der Waals surface area (Å²) in [5.74, 6) is 2.22. The van der Waals surface area contributed by atoms with Gasteiger partial charge in [-0.2, -0.15) is 0 Å². The average molecular weight is 305 g/mol. The topological polar surface area (TPSA) is 60.1 Å². The van der Waals surface area contributed by atoms with Gasteiger partial charge in [0.1, 0.15) is 17.6 Å². The van der Waals surface area contributed by atoms with Gasteiger partial charge < -0.3 is 20.1 Å². The quantitative estimate of drug-likeness (QED) is 0.671. The van der Waals surface area contributed by atoms with E-state index in [9.17, 15) is 0 Å². The lowest BCUT2D eigenvalue weighted by molar-refractivity contribution is 0.228. The summed E-state index contributed by atoms with van der Waals surface area (Å²) in [5, 5.41) is 0. The lowest BCUT2D eigenvalue weighted by Crippen LogP contribution is -2.38. The third-order valence-electron chi connectivity index (χ3n) is 3.82. The molecule has 0 aromatic heterocycles. The highest BCUT2D eigenvalue weighted by Gasteiger charge is 2.11. The summed E-state index contributed by atoms with van der Waals surface area (Å²) in [6.07, 6.45) is 4.95. The van der Waals surface area contributed by atoms with Crippen LogP contribution in [0, 0.1) is 0 Å². The van der Waals surface area contributed by atoms with Crippen LogP contribution >= 0.6 is 0 Å². The maximum atomic E-state index is 6.11. The van der Waals surface area contributed by atoms with Crippen molar-refractivity contribution < 1.29 is 9.47 Å². The van der Waals surface area contributed by atoms with E-state index in [0.29, 0.717) is 12.5 Å². The molecule has 1 aliphatic rings. The normalized spacial score (nSPS) is 17.7. The van der Waals surface area contributed by atoms with Crippen molar-refractivity contribution in [3.63, 3.8) is 0 Å². The number of hydrogen-bond acceptors (Lipinski definition) is 3. The molecule has 1 heterocycles. The van der Waals surface area contributed by atoms with Gasteiger partial charge in [-0.05, 0) is 31.9 Å². The maximum Gasteiger partial charge on any atom is 0.191 e. The van der Waals surface area contributed by atoms with E-state index in [0.717, 1.165) is 24.6 Å². The number of aliphatic imine (C=N–C) groups is 1. The fourth-order valence-corrected chi connectivity index (χ4v) is 2.57. The molecule has 122 valence electrons. The second-order valence-electron chi connectivity index (χ2n) is 5.71. The Bertz CT molecular complexity index is 483. The van der Waals surface area contributed by atoms with Crippen molar-refractivity contribution in [2.24, 2.45) is 10.7 Å². The number of likely N-dealkylation sites (tertiary alicyclic amines) is 1. The Morgan fingerprint density at radius 1 is 1.23 bits per heavy atom. The largest absolute Gasteiger partial charge is 0.497 e. The highest BCUT2D eigenvalue weighted by molar-refractivity contribution is 5.78. The Morgan fingerprint density at radius 2 is 1.91 bits per heavy atom. The van der Waals surface area contributed by atoms with Crippen LogP contribution in [-0.2, 0) is 0 Å². The number of methoxy groups -OCH3 is 1. The fourth-order valence-electron chi connectivity index (χ4n) is 2.57. The first-order valence-corrected chi connectivity index (χ1v) is 8.04. The summed E-state index contributed by atoms with van der Waals surface area (Å²) in [6.45, 7) is 4.58. The minimum absolute atomic E-state index is 0.0300. The Kier molecular flexibility index (Phi) is 6.37. The van der Waals surface area contributed by atoms with Crippen molar-refractivity contribution in [3.05, 3.63) is 24.3 Å². The molecule has 5 heteroatoms. The van der Waals surface area contributed by atoms with E-state index in [2.05, 4.69) is 9.89 Å². The molecule has 0 bridgehead atoms. The second-order valence-corrected chi connectivity index (χ2v) is 5.71. The summed E-state index contributed by atoms with van der Waals surface area (Å²) in [5.41, 5.74) is 6.11. The fraction of sp³-hybridized carbons (Fsp3) is 0.588. The molecule has 1 saturated heterocycles. The van der Waals surface area contributed by atoms with Gasteiger partial charge in [0.25, 0.3) is 0 Å². The first-order valence-electron chi connectivity index (χ1n) is 8.04. The Morgan fingerprint density at radius 3 is 2.59 bits per heavy atom. The van der Waals surface area contributed by atoms with Gasteiger partial charge in [0.15, 0.2) is 5.96 Å². The first-order chi connectivity index (χ1) is 10.7. The third-order valence-corrected chi connectivity index (χ3v) is 3.82. The molecule has 0 amide bonds. The van der Waals surface area contributed by atoms with Crippen molar-refractivity contribution in [2.75, 3.05) is 26.7 Å². The minimum Gasteiger partial charge on any atom is -0.497 e. The van der Waals surface area contributed by atoms with Crippen LogP contribution in [-0.4, -0.2) is 43.7 Å². The summed E-state index contributed by atoms with van der Waals surface area (Å²) in [4.78, 5) is 6.68. The molecule has 1 fully saturated rings. The third kappa shape index (κ3) is 5.13. The molecule has 0 spiro atoms. The zero-order valence-electron chi connectivity index (χ0n) is 13.6. The molecule has 1 unspecified atom stereocenters. The predicted octanol–water partition coefficient (Wildman–Crippen LogP) is 2.65. The molecule has 0 radical (unpaired) electrons. The minimum atomic E-state index is -0.0300. The molecular formula is C17H27N3O2. The predicted molar refractivity (Wildman–Crippen MR) is 89.6 cm³/mol. The summed E-state index contributed by atoms with van der Waals surface area (Å²) >= 11 is 0. The number of guanidine groups is 1. The molecule has 1 aromatic carbocycles. The van der Waals surface area contributed by atoms with Crippen molar-refractivity contribution in [2.45, 2.75) is 38.7 Å². The van der Waals surface area contributed by atoms with E-state index in [1.165, 1.54) is 25.7 Å². The lowest BCUT2D eigenvalue weighted by atomic mass is 10.2. The van der Waals surface area contributed by atoms with Crippen LogP contribution in [0.3, 0.4) is 0 Å². The van der Waals surface area contributed by atoms with Gasteiger partial charge >= 0.3 is 0 Å². The molecule has 2 N–H and O–H groups in total. The number of benzene rings is 1. The van der Waals surface area contributed by atoms with Gasteiger partial charge in [-0.3, -0.25) is 0 Å². The summed E-state index contributed by atoms with van der Waals surface area (Å²) in [6, 6.07) is 7.60. The Balaban J connectivity index is 1.85. The van der Waals surface area contributed by atoms with Crippen LogP contribution in [0.2, 0.25) is 0 Å². The van der Waals surface area contributed by atoms with Gasteiger partial charge in [0.05, 0.1) is 13.7 Å². The lowest BCUT2D eigenvalue weighted by Gasteiger charge is -2.22. The molecule has 5 nitrogen and oxygen atoms in total. The van der Waals surface area contributed by atoms with Gasteiger partial charge in [-0.15, -0.1) is 0 Å². The second kappa shape index (κ2) is 8.51. The molecule has 0 aliphatic carbocycles. The van der Waals surface area contributed by atoms with Crippen molar-refractivity contribution in [1.29, 1.82) is 0 Å². The summed E-state index contributed by atoms with van der Waals surface area (Å²) < 4.78 is 11.0. The highest BCUT2D eigenvalue weighted by atomic mass is 16.5. The van der Waals surface area contributed by atoms with E-state index < -0.39 is 0 Å². The van der Waals surface area contributed by atoms with E-state index in [-0.39, 0.29) is 6.10 Å². The smallest absolute Gasteiger partial charge is 0.191 e. The molecule has 22 heavy (non-hydrogen) atoms. The number of hydrogen-bond donors (Lipinski definition) is 1. The number of nitrogens with two attached hydrogens (primary N) is 1. The van der Waals surface area contributed by atoms with E-state index in [1.807, 2.05) is 31.2 Å². The molecule has 2 rings (SSSR count). The van der Waals surface area contributed by atoms with Gasteiger partial charge in [-0.1, -0.05) is 18.9 Å². The molecular weight excluding hydrogens is 278 g/mol. The number of ether oxygens (including phenoxy) is 2. The number of rotatable bonds is 5. The van der Waals surface area contributed by atoms with Crippen LogP contribution in [0.4, 0.5) is 0 Å². The van der Waals surface area contributed by atoms with Gasteiger partial charge in [-0.25, -0.2) is 4.99 Å². The Hall–Kier alpha value is -1.91. The van der Waals surface area contributed by atoms with Gasteiger partial charge in [0.2, 0.25) is 0 Å². The van der Waals surface area contributed by atoms with Crippen molar-refractivity contribution >= 4 is 5.96 Å². The molecule has 0 saturated carbocycles. The van der Waals surface area contributed by atoms with E-state index >= 15 is 0 Å². The van der Waals surface area contributed by atoms with Crippen molar-refractivity contribution in [1.82, 2.24) is 4.90 Å².